The second-order valence-electron chi connectivity index (χ2n) is 3.43. The summed E-state index contributed by atoms with van der Waals surface area (Å²) in [5, 5.41) is 11.0. The van der Waals surface area contributed by atoms with Crippen LogP contribution in [-0.2, 0) is 13.6 Å². The lowest BCUT2D eigenvalue weighted by Crippen LogP contribution is -2.05. The first kappa shape index (κ1) is 10.5. The zero-order valence-electron chi connectivity index (χ0n) is 9.34. The Morgan fingerprint density at radius 1 is 1.31 bits per heavy atom. The molecular weight excluding hydrogens is 204 g/mol. The standard InChI is InChI=1S/C11H14N4O/c1-15-10(8-13-14-15)7-12-9-3-5-11(16-2)6-4-9/h3-6,8,12H,7H2,1-2H3. The van der Waals surface area contributed by atoms with Crippen LogP contribution in [0.2, 0.25) is 0 Å². The topological polar surface area (TPSA) is 52.0 Å². The summed E-state index contributed by atoms with van der Waals surface area (Å²) in [7, 11) is 3.53. The number of nitrogens with one attached hydrogen (secondary N) is 1. The van der Waals surface area contributed by atoms with Gasteiger partial charge in [-0.05, 0) is 24.3 Å². The average Bonchev–Trinajstić information content (AvgIpc) is 2.73. The van der Waals surface area contributed by atoms with Gasteiger partial charge in [0.05, 0.1) is 25.5 Å². The van der Waals surface area contributed by atoms with Crippen LogP contribution in [0, 0.1) is 0 Å². The summed E-state index contributed by atoms with van der Waals surface area (Å²) in [4.78, 5) is 0. The van der Waals surface area contributed by atoms with E-state index in [1.54, 1.807) is 18.0 Å². The lowest BCUT2D eigenvalue weighted by molar-refractivity contribution is 0.415. The molecule has 0 aliphatic carbocycles. The molecule has 0 amide bonds. The molecule has 16 heavy (non-hydrogen) atoms. The molecule has 1 aromatic carbocycles. The van der Waals surface area contributed by atoms with E-state index in [1.165, 1.54) is 0 Å². The number of aromatic nitrogens is 3. The Kier molecular flexibility index (Phi) is 3.05. The van der Waals surface area contributed by atoms with Crippen LogP contribution in [0.25, 0.3) is 0 Å². The van der Waals surface area contributed by atoms with Gasteiger partial charge in [0.25, 0.3) is 0 Å². The first-order valence-electron chi connectivity index (χ1n) is 5.01. The number of aryl methyl sites for hydroxylation is 1. The molecule has 2 aromatic rings. The zero-order chi connectivity index (χ0) is 11.4. The molecular formula is C11H14N4O. The Balaban J connectivity index is 1.97. The summed E-state index contributed by atoms with van der Waals surface area (Å²) in [6, 6.07) is 7.79. The highest BCUT2D eigenvalue weighted by molar-refractivity contribution is 5.46. The van der Waals surface area contributed by atoms with Gasteiger partial charge in [0.15, 0.2) is 0 Å². The van der Waals surface area contributed by atoms with Crippen LogP contribution >= 0.6 is 0 Å². The summed E-state index contributed by atoms with van der Waals surface area (Å²) in [6.07, 6.45) is 1.75. The van der Waals surface area contributed by atoms with E-state index < -0.39 is 0 Å². The van der Waals surface area contributed by atoms with Crippen molar-refractivity contribution in [3.05, 3.63) is 36.2 Å². The molecule has 1 N–H and O–H groups in total. The smallest absolute Gasteiger partial charge is 0.119 e. The second-order valence-corrected chi connectivity index (χ2v) is 3.43. The van der Waals surface area contributed by atoms with Crippen molar-refractivity contribution in [1.29, 1.82) is 0 Å². The Morgan fingerprint density at radius 3 is 2.62 bits per heavy atom. The molecule has 0 unspecified atom stereocenters. The van der Waals surface area contributed by atoms with Crippen molar-refractivity contribution in [2.45, 2.75) is 6.54 Å². The van der Waals surface area contributed by atoms with Gasteiger partial charge in [-0.25, -0.2) is 0 Å². The minimum Gasteiger partial charge on any atom is -0.497 e. The number of methoxy groups -OCH3 is 1. The Bertz CT molecular complexity index is 449. The van der Waals surface area contributed by atoms with Gasteiger partial charge >= 0.3 is 0 Å². The molecule has 5 nitrogen and oxygen atoms in total. The van der Waals surface area contributed by atoms with Crippen molar-refractivity contribution in [3.63, 3.8) is 0 Å². The summed E-state index contributed by atoms with van der Waals surface area (Å²) in [5.74, 6) is 0.854. The Morgan fingerprint density at radius 2 is 2.06 bits per heavy atom. The number of rotatable bonds is 4. The number of nitrogens with zero attached hydrogens (tertiary/aromatic N) is 3. The van der Waals surface area contributed by atoms with Crippen LogP contribution in [-0.4, -0.2) is 22.1 Å². The molecule has 2 rings (SSSR count). The summed E-state index contributed by atoms with van der Waals surface area (Å²) in [5.41, 5.74) is 2.08. The third kappa shape index (κ3) is 2.31. The molecule has 0 aliphatic heterocycles. The predicted octanol–water partition coefficient (Wildman–Crippen LogP) is 1.44. The van der Waals surface area contributed by atoms with E-state index in [2.05, 4.69) is 15.6 Å². The third-order valence-corrected chi connectivity index (χ3v) is 2.37. The van der Waals surface area contributed by atoms with E-state index in [1.807, 2.05) is 31.3 Å². The van der Waals surface area contributed by atoms with Crippen LogP contribution < -0.4 is 10.1 Å². The van der Waals surface area contributed by atoms with Crippen LogP contribution in [0.15, 0.2) is 30.5 Å². The summed E-state index contributed by atoms with van der Waals surface area (Å²) >= 11 is 0. The van der Waals surface area contributed by atoms with E-state index in [9.17, 15) is 0 Å². The van der Waals surface area contributed by atoms with Crippen LogP contribution in [0.1, 0.15) is 5.69 Å². The van der Waals surface area contributed by atoms with Crippen LogP contribution in [0.5, 0.6) is 5.75 Å². The van der Waals surface area contributed by atoms with Gasteiger partial charge < -0.3 is 10.1 Å². The molecule has 0 atom stereocenters. The molecule has 0 bridgehead atoms. The maximum absolute atomic E-state index is 5.09. The van der Waals surface area contributed by atoms with E-state index in [4.69, 9.17) is 4.74 Å². The van der Waals surface area contributed by atoms with Gasteiger partial charge in [-0.3, -0.25) is 4.68 Å². The van der Waals surface area contributed by atoms with Crippen molar-refractivity contribution in [2.75, 3.05) is 12.4 Å². The SMILES string of the molecule is COc1ccc(NCc2cnnn2C)cc1. The summed E-state index contributed by atoms with van der Waals surface area (Å²) < 4.78 is 6.83. The average molecular weight is 218 g/mol. The minimum absolute atomic E-state index is 0.704. The number of ether oxygens (including phenoxy) is 1. The van der Waals surface area contributed by atoms with Gasteiger partial charge in [0.2, 0.25) is 0 Å². The normalized spacial score (nSPS) is 10.1. The first-order chi connectivity index (χ1) is 7.79. The van der Waals surface area contributed by atoms with Crippen molar-refractivity contribution < 1.29 is 4.74 Å². The van der Waals surface area contributed by atoms with Gasteiger partial charge in [0.1, 0.15) is 5.75 Å². The number of benzene rings is 1. The van der Waals surface area contributed by atoms with Gasteiger partial charge in [-0.1, -0.05) is 5.21 Å². The van der Waals surface area contributed by atoms with E-state index >= 15 is 0 Å². The summed E-state index contributed by atoms with van der Waals surface area (Å²) in [6.45, 7) is 0.704. The molecule has 0 fully saturated rings. The molecule has 0 saturated carbocycles. The molecule has 0 saturated heterocycles. The van der Waals surface area contributed by atoms with E-state index in [-0.39, 0.29) is 0 Å². The van der Waals surface area contributed by atoms with E-state index in [0.29, 0.717) is 6.54 Å². The maximum atomic E-state index is 5.09. The van der Waals surface area contributed by atoms with Gasteiger partial charge in [0, 0.05) is 12.7 Å². The number of hydrogen-bond acceptors (Lipinski definition) is 4. The molecule has 5 heteroatoms. The third-order valence-electron chi connectivity index (χ3n) is 2.37. The van der Waals surface area contributed by atoms with Gasteiger partial charge in [-0.2, -0.15) is 0 Å². The molecule has 0 spiro atoms. The molecule has 1 heterocycles. The Labute approximate surface area is 94.0 Å². The second kappa shape index (κ2) is 4.65. The highest BCUT2D eigenvalue weighted by Gasteiger charge is 1.99. The lowest BCUT2D eigenvalue weighted by atomic mass is 10.3. The highest BCUT2D eigenvalue weighted by Crippen LogP contribution is 2.15. The number of anilines is 1. The van der Waals surface area contributed by atoms with Gasteiger partial charge in [-0.15, -0.1) is 5.10 Å². The quantitative estimate of drug-likeness (QED) is 0.843. The largest absolute Gasteiger partial charge is 0.497 e. The molecule has 0 aliphatic rings. The molecule has 84 valence electrons. The fourth-order valence-corrected chi connectivity index (χ4v) is 1.37. The highest BCUT2D eigenvalue weighted by atomic mass is 16.5. The van der Waals surface area contributed by atoms with Crippen LogP contribution in [0.4, 0.5) is 5.69 Å². The molecule has 0 radical (unpaired) electrons. The Hall–Kier alpha value is -2.04. The first-order valence-corrected chi connectivity index (χ1v) is 5.01. The monoisotopic (exact) mass is 218 g/mol. The minimum atomic E-state index is 0.704. The predicted molar refractivity (Wildman–Crippen MR) is 61.3 cm³/mol. The fourth-order valence-electron chi connectivity index (χ4n) is 1.37. The van der Waals surface area contributed by atoms with Crippen molar-refractivity contribution in [2.24, 2.45) is 7.05 Å². The van der Waals surface area contributed by atoms with Crippen molar-refractivity contribution in [3.8, 4) is 5.75 Å². The lowest BCUT2D eigenvalue weighted by Gasteiger charge is -2.06. The van der Waals surface area contributed by atoms with E-state index in [0.717, 1.165) is 17.1 Å². The maximum Gasteiger partial charge on any atom is 0.119 e. The number of hydrogen-bond donors (Lipinski definition) is 1. The van der Waals surface area contributed by atoms with Crippen LogP contribution in [0.3, 0.4) is 0 Å². The van der Waals surface area contributed by atoms with Crippen molar-refractivity contribution in [1.82, 2.24) is 15.0 Å². The fraction of sp³-hybridized carbons (Fsp3) is 0.273. The molecule has 1 aromatic heterocycles. The van der Waals surface area contributed by atoms with Crippen molar-refractivity contribution >= 4 is 5.69 Å². The zero-order valence-corrected chi connectivity index (χ0v) is 9.34.